The van der Waals surface area contributed by atoms with Gasteiger partial charge in [-0.25, -0.2) is 0 Å². The van der Waals surface area contributed by atoms with Crippen LogP contribution in [0.5, 0.6) is 0 Å². The van der Waals surface area contributed by atoms with Gasteiger partial charge >= 0.3 is 0 Å². The van der Waals surface area contributed by atoms with Gasteiger partial charge in [-0.15, -0.1) is 0 Å². The van der Waals surface area contributed by atoms with Gasteiger partial charge in [0.2, 0.25) is 5.91 Å². The Bertz CT molecular complexity index is 1310. The predicted molar refractivity (Wildman–Crippen MR) is 154 cm³/mol. The lowest BCUT2D eigenvalue weighted by molar-refractivity contribution is -0.121. The number of hydrogen-bond acceptors (Lipinski definition) is 4. The first-order valence-corrected chi connectivity index (χ1v) is 14.1. The Morgan fingerprint density at radius 2 is 1.72 bits per heavy atom. The van der Waals surface area contributed by atoms with Crippen LogP contribution in [0, 0.1) is 0 Å². The molecule has 39 heavy (non-hydrogen) atoms. The van der Waals surface area contributed by atoms with E-state index in [1.54, 1.807) is 17.9 Å². The standard InChI is InChI=1S/C31H33Cl2N3O3/c1-22(37)34-29-18-25(23-8-4-2-5-9-23)14-16-35(29)17-15-31(26-12-13-27(32)28(33)19-26)20-36(21-39-31)30(38)24-10-6-3-7-11-24/h2-13,19,25,29H,14-18,20-21H2,1H3,(H,34,37). The van der Waals surface area contributed by atoms with Gasteiger partial charge in [-0.3, -0.25) is 14.5 Å². The molecule has 3 atom stereocenters. The van der Waals surface area contributed by atoms with Gasteiger partial charge in [-0.2, -0.15) is 0 Å². The van der Waals surface area contributed by atoms with Gasteiger partial charge in [-0.1, -0.05) is 77.8 Å². The third kappa shape index (κ3) is 6.30. The number of likely N-dealkylation sites (tertiary alicyclic amines) is 1. The summed E-state index contributed by atoms with van der Waals surface area (Å²) in [6.07, 6.45) is 2.37. The van der Waals surface area contributed by atoms with Gasteiger partial charge in [-0.05, 0) is 60.6 Å². The molecule has 0 aliphatic carbocycles. The lowest BCUT2D eigenvalue weighted by atomic mass is 9.86. The van der Waals surface area contributed by atoms with Gasteiger partial charge in [0.15, 0.2) is 0 Å². The average molecular weight is 567 g/mol. The average Bonchev–Trinajstić information content (AvgIpc) is 3.39. The highest BCUT2D eigenvalue weighted by molar-refractivity contribution is 6.42. The molecule has 2 heterocycles. The van der Waals surface area contributed by atoms with Crippen LogP contribution in [0.25, 0.3) is 0 Å². The summed E-state index contributed by atoms with van der Waals surface area (Å²) in [4.78, 5) is 29.5. The van der Waals surface area contributed by atoms with Crippen molar-refractivity contribution >= 4 is 35.0 Å². The summed E-state index contributed by atoms with van der Waals surface area (Å²) in [5.41, 5.74) is 2.06. The second kappa shape index (κ2) is 12.1. The number of rotatable bonds is 7. The van der Waals surface area contributed by atoms with Crippen LogP contribution in [0.2, 0.25) is 10.0 Å². The molecule has 0 spiro atoms. The van der Waals surface area contributed by atoms with Gasteiger partial charge in [0.25, 0.3) is 5.91 Å². The van der Waals surface area contributed by atoms with Crippen LogP contribution in [-0.4, -0.2) is 54.1 Å². The van der Waals surface area contributed by atoms with Crippen LogP contribution in [0.4, 0.5) is 0 Å². The summed E-state index contributed by atoms with van der Waals surface area (Å²) in [5, 5.41) is 4.09. The van der Waals surface area contributed by atoms with E-state index in [2.05, 4.69) is 34.5 Å². The molecular weight excluding hydrogens is 533 g/mol. The van der Waals surface area contributed by atoms with Crippen molar-refractivity contribution in [2.45, 2.75) is 43.9 Å². The molecule has 0 saturated carbocycles. The number of benzene rings is 3. The zero-order chi connectivity index (χ0) is 27.4. The van der Waals surface area contributed by atoms with E-state index in [-0.39, 0.29) is 24.7 Å². The van der Waals surface area contributed by atoms with Crippen LogP contribution in [0.15, 0.2) is 78.9 Å². The third-order valence-electron chi connectivity index (χ3n) is 7.85. The molecule has 2 saturated heterocycles. The number of halogens is 2. The lowest BCUT2D eigenvalue weighted by Crippen LogP contribution is -2.53. The quantitative estimate of drug-likeness (QED) is 0.378. The van der Waals surface area contributed by atoms with Gasteiger partial charge in [0, 0.05) is 25.6 Å². The SMILES string of the molecule is CC(=O)NC1CC(c2ccccc2)CCN1CCC1(c2ccc(Cl)c(Cl)c2)CN(C(=O)c2ccccc2)CO1. The Morgan fingerprint density at radius 3 is 2.41 bits per heavy atom. The largest absolute Gasteiger partial charge is 0.348 e. The molecule has 204 valence electrons. The number of hydrogen-bond donors (Lipinski definition) is 1. The fraction of sp³-hybridized carbons (Fsp3) is 0.355. The zero-order valence-corrected chi connectivity index (χ0v) is 23.5. The van der Waals surface area contributed by atoms with Crippen LogP contribution in [-0.2, 0) is 15.1 Å². The number of ether oxygens (including phenoxy) is 1. The summed E-state index contributed by atoms with van der Waals surface area (Å²) >= 11 is 12.7. The monoisotopic (exact) mass is 565 g/mol. The Balaban J connectivity index is 1.36. The van der Waals surface area contributed by atoms with E-state index in [1.165, 1.54) is 5.56 Å². The summed E-state index contributed by atoms with van der Waals surface area (Å²) in [5.74, 6) is 0.261. The number of carbonyl (C=O) groups is 2. The topological polar surface area (TPSA) is 61.9 Å². The number of nitrogens with zero attached hydrogens (tertiary/aromatic N) is 2. The van der Waals surface area contributed by atoms with Crippen LogP contribution < -0.4 is 5.32 Å². The van der Waals surface area contributed by atoms with E-state index in [1.807, 2.05) is 48.5 Å². The number of amides is 2. The summed E-state index contributed by atoms with van der Waals surface area (Å²) in [7, 11) is 0. The molecule has 6 nitrogen and oxygen atoms in total. The molecule has 2 amide bonds. The fourth-order valence-electron chi connectivity index (χ4n) is 5.76. The van der Waals surface area contributed by atoms with Crippen molar-refractivity contribution in [1.29, 1.82) is 0 Å². The Morgan fingerprint density at radius 1 is 1.00 bits per heavy atom. The van der Waals surface area contributed by atoms with E-state index in [0.29, 0.717) is 41.0 Å². The minimum atomic E-state index is -0.754. The second-order valence-electron chi connectivity index (χ2n) is 10.4. The summed E-state index contributed by atoms with van der Waals surface area (Å²) < 4.78 is 6.46. The normalized spacial score (nSPS) is 23.5. The molecule has 0 radical (unpaired) electrons. The smallest absolute Gasteiger partial charge is 0.255 e. The molecule has 0 aromatic heterocycles. The molecule has 3 aromatic rings. The molecule has 8 heteroatoms. The van der Waals surface area contributed by atoms with E-state index in [9.17, 15) is 9.59 Å². The molecule has 3 aromatic carbocycles. The van der Waals surface area contributed by atoms with Crippen molar-refractivity contribution in [2.24, 2.45) is 0 Å². The van der Waals surface area contributed by atoms with Crippen molar-refractivity contribution in [3.63, 3.8) is 0 Å². The molecule has 1 N–H and O–H groups in total. The molecule has 3 unspecified atom stereocenters. The molecule has 2 aliphatic rings. The Hall–Kier alpha value is -2.90. The molecule has 2 fully saturated rings. The van der Waals surface area contributed by atoms with Crippen LogP contribution in [0.1, 0.15) is 53.6 Å². The predicted octanol–water partition coefficient (Wildman–Crippen LogP) is 6.05. The first-order valence-electron chi connectivity index (χ1n) is 13.3. The van der Waals surface area contributed by atoms with Crippen molar-refractivity contribution in [3.8, 4) is 0 Å². The Kier molecular flexibility index (Phi) is 8.57. The van der Waals surface area contributed by atoms with E-state index >= 15 is 0 Å². The summed E-state index contributed by atoms with van der Waals surface area (Å²) in [6, 6.07) is 25.3. The minimum absolute atomic E-state index is 0.0466. The minimum Gasteiger partial charge on any atom is -0.348 e. The number of piperidine rings is 1. The van der Waals surface area contributed by atoms with Crippen molar-refractivity contribution in [3.05, 3.63) is 106 Å². The molecule has 5 rings (SSSR count). The molecule has 0 bridgehead atoms. The van der Waals surface area contributed by atoms with Gasteiger partial charge in [0.1, 0.15) is 12.3 Å². The number of carbonyl (C=O) groups excluding carboxylic acids is 2. The highest BCUT2D eigenvalue weighted by atomic mass is 35.5. The first kappa shape index (κ1) is 27.7. The first-order chi connectivity index (χ1) is 18.8. The van der Waals surface area contributed by atoms with Crippen molar-refractivity contribution in [1.82, 2.24) is 15.1 Å². The lowest BCUT2D eigenvalue weighted by Gasteiger charge is -2.41. The maximum atomic E-state index is 13.3. The van der Waals surface area contributed by atoms with E-state index in [0.717, 1.165) is 24.9 Å². The van der Waals surface area contributed by atoms with E-state index < -0.39 is 5.60 Å². The van der Waals surface area contributed by atoms with Gasteiger partial charge < -0.3 is 15.0 Å². The fourth-order valence-corrected chi connectivity index (χ4v) is 6.06. The highest BCUT2D eigenvalue weighted by Gasteiger charge is 2.44. The summed E-state index contributed by atoms with van der Waals surface area (Å²) in [6.45, 7) is 3.66. The maximum Gasteiger partial charge on any atom is 0.255 e. The van der Waals surface area contributed by atoms with Crippen LogP contribution >= 0.6 is 23.2 Å². The van der Waals surface area contributed by atoms with Crippen LogP contribution in [0.3, 0.4) is 0 Å². The number of nitrogens with one attached hydrogen (secondary N) is 1. The van der Waals surface area contributed by atoms with Crippen molar-refractivity contribution in [2.75, 3.05) is 26.4 Å². The van der Waals surface area contributed by atoms with Crippen molar-refractivity contribution < 1.29 is 14.3 Å². The Labute approximate surface area is 239 Å². The second-order valence-corrected chi connectivity index (χ2v) is 11.2. The van der Waals surface area contributed by atoms with Gasteiger partial charge in [0.05, 0.1) is 22.8 Å². The molecule has 2 aliphatic heterocycles. The third-order valence-corrected chi connectivity index (χ3v) is 8.59. The zero-order valence-electron chi connectivity index (χ0n) is 22.0. The molecular formula is C31H33Cl2N3O3. The maximum absolute atomic E-state index is 13.3. The highest BCUT2D eigenvalue weighted by Crippen LogP contribution is 2.40. The van der Waals surface area contributed by atoms with E-state index in [4.69, 9.17) is 27.9 Å².